The summed E-state index contributed by atoms with van der Waals surface area (Å²) in [4.78, 5) is 12.1. The van der Waals surface area contributed by atoms with Crippen LogP contribution < -0.4 is 5.32 Å². The zero-order chi connectivity index (χ0) is 16.7. The van der Waals surface area contributed by atoms with Crippen LogP contribution in [0.1, 0.15) is 41.6 Å². The Morgan fingerprint density at radius 3 is 2.52 bits per heavy atom. The number of carbonyl (C=O) groups excluding carboxylic acids is 1. The van der Waals surface area contributed by atoms with E-state index in [4.69, 9.17) is 0 Å². The number of benzene rings is 2. The number of thioether (sulfide) groups is 1. The van der Waals surface area contributed by atoms with Gasteiger partial charge in [-0.2, -0.15) is 11.8 Å². The van der Waals surface area contributed by atoms with Crippen LogP contribution in [-0.2, 0) is 10.5 Å². The average Bonchev–Trinajstić information content (AvgIpc) is 2.55. The van der Waals surface area contributed by atoms with Crippen molar-refractivity contribution in [1.29, 1.82) is 0 Å². The molecule has 0 aliphatic rings. The second kappa shape index (κ2) is 8.78. The number of nitrogens with one attached hydrogen (secondary N) is 1. The highest BCUT2D eigenvalue weighted by Crippen LogP contribution is 2.17. The summed E-state index contributed by atoms with van der Waals surface area (Å²) in [5.41, 5.74) is 5.02. The minimum atomic E-state index is 0.0564. The Hall–Kier alpha value is -1.74. The highest BCUT2D eigenvalue weighted by Gasteiger charge is 2.10. The van der Waals surface area contributed by atoms with Gasteiger partial charge >= 0.3 is 0 Å². The van der Waals surface area contributed by atoms with Crippen molar-refractivity contribution in [3.8, 4) is 0 Å². The van der Waals surface area contributed by atoms with Gasteiger partial charge in [0.1, 0.15) is 0 Å². The maximum atomic E-state index is 12.1. The fraction of sp³-hybridized carbons (Fsp3) is 0.350. The van der Waals surface area contributed by atoms with Gasteiger partial charge in [-0.25, -0.2) is 0 Å². The Kier molecular flexibility index (Phi) is 6.72. The Bertz CT molecular complexity index is 639. The molecule has 0 heterocycles. The number of carbonyl (C=O) groups is 1. The molecule has 3 heteroatoms. The first-order valence-corrected chi connectivity index (χ1v) is 9.20. The van der Waals surface area contributed by atoms with Gasteiger partial charge in [0.2, 0.25) is 5.91 Å². The quantitative estimate of drug-likeness (QED) is 0.740. The van der Waals surface area contributed by atoms with Gasteiger partial charge in [-0.15, -0.1) is 0 Å². The Morgan fingerprint density at radius 1 is 1.09 bits per heavy atom. The van der Waals surface area contributed by atoms with Crippen molar-refractivity contribution in [2.24, 2.45) is 0 Å². The van der Waals surface area contributed by atoms with E-state index >= 15 is 0 Å². The molecule has 0 spiro atoms. The summed E-state index contributed by atoms with van der Waals surface area (Å²) >= 11 is 1.80. The van der Waals surface area contributed by atoms with Gasteiger partial charge in [-0.1, -0.05) is 48.5 Å². The predicted molar refractivity (Wildman–Crippen MR) is 99.7 cm³/mol. The van der Waals surface area contributed by atoms with E-state index < -0.39 is 0 Å². The maximum absolute atomic E-state index is 12.1. The minimum Gasteiger partial charge on any atom is -0.350 e. The Morgan fingerprint density at radius 2 is 1.83 bits per heavy atom. The van der Waals surface area contributed by atoms with E-state index in [9.17, 15) is 4.79 Å². The van der Waals surface area contributed by atoms with Crippen LogP contribution in [0.4, 0.5) is 0 Å². The number of hydrogen-bond acceptors (Lipinski definition) is 2. The molecule has 0 aliphatic heterocycles. The molecule has 0 bridgehead atoms. The molecule has 2 aromatic rings. The van der Waals surface area contributed by atoms with Crippen molar-refractivity contribution in [1.82, 2.24) is 5.32 Å². The van der Waals surface area contributed by atoms with Crippen molar-refractivity contribution in [2.45, 2.75) is 39.0 Å². The largest absolute Gasteiger partial charge is 0.350 e. The molecule has 122 valence electrons. The van der Waals surface area contributed by atoms with Gasteiger partial charge in [0.05, 0.1) is 6.04 Å². The molecule has 0 radical (unpaired) electrons. The first kappa shape index (κ1) is 17.6. The molecule has 1 atom stereocenters. The smallest absolute Gasteiger partial charge is 0.221 e. The topological polar surface area (TPSA) is 29.1 Å². The Labute approximate surface area is 143 Å². The number of aryl methyl sites for hydroxylation is 2. The molecule has 2 rings (SSSR count). The third-order valence-electron chi connectivity index (χ3n) is 3.99. The van der Waals surface area contributed by atoms with Crippen molar-refractivity contribution < 1.29 is 4.79 Å². The van der Waals surface area contributed by atoms with Crippen LogP contribution in [0.25, 0.3) is 0 Å². The third-order valence-corrected chi connectivity index (χ3v) is 5.02. The van der Waals surface area contributed by atoms with E-state index in [1.54, 1.807) is 11.8 Å². The molecule has 2 nitrogen and oxygen atoms in total. The molecule has 0 aliphatic carbocycles. The molecular weight excluding hydrogens is 302 g/mol. The lowest BCUT2D eigenvalue weighted by atomic mass is 10.0. The second-order valence-electron chi connectivity index (χ2n) is 5.92. The highest BCUT2D eigenvalue weighted by molar-refractivity contribution is 7.98. The fourth-order valence-corrected chi connectivity index (χ4v) is 3.26. The van der Waals surface area contributed by atoms with Crippen molar-refractivity contribution in [2.75, 3.05) is 5.75 Å². The van der Waals surface area contributed by atoms with Crippen molar-refractivity contribution in [3.05, 3.63) is 70.8 Å². The zero-order valence-electron chi connectivity index (χ0n) is 14.1. The molecule has 0 unspecified atom stereocenters. The number of hydrogen-bond donors (Lipinski definition) is 1. The number of rotatable bonds is 7. The third kappa shape index (κ3) is 5.76. The van der Waals surface area contributed by atoms with Crippen LogP contribution in [0.3, 0.4) is 0 Å². The van der Waals surface area contributed by atoms with E-state index in [0.717, 1.165) is 11.5 Å². The van der Waals surface area contributed by atoms with Crippen molar-refractivity contribution in [3.63, 3.8) is 0 Å². The van der Waals surface area contributed by atoms with Crippen LogP contribution in [0, 0.1) is 13.8 Å². The SMILES string of the molecule is Cc1ccc([C@@H](C)NC(=O)CCSCc2ccccc2)cc1C. The summed E-state index contributed by atoms with van der Waals surface area (Å²) in [7, 11) is 0. The minimum absolute atomic E-state index is 0.0564. The molecule has 0 aromatic heterocycles. The van der Waals surface area contributed by atoms with Gasteiger partial charge in [0, 0.05) is 17.9 Å². The van der Waals surface area contributed by atoms with Gasteiger partial charge in [0.15, 0.2) is 0 Å². The fourth-order valence-electron chi connectivity index (χ4n) is 2.36. The zero-order valence-corrected chi connectivity index (χ0v) is 15.0. The summed E-state index contributed by atoms with van der Waals surface area (Å²) < 4.78 is 0. The molecule has 0 saturated carbocycles. The molecule has 0 saturated heterocycles. The Balaban J connectivity index is 1.72. The lowest BCUT2D eigenvalue weighted by Crippen LogP contribution is -2.26. The van der Waals surface area contributed by atoms with E-state index in [1.165, 1.54) is 22.3 Å². The van der Waals surface area contributed by atoms with Crippen LogP contribution in [0.15, 0.2) is 48.5 Å². The van der Waals surface area contributed by atoms with E-state index in [1.807, 2.05) is 25.1 Å². The molecule has 2 aromatic carbocycles. The summed E-state index contributed by atoms with van der Waals surface area (Å²) in [5.74, 6) is 1.93. The predicted octanol–water partition coefficient (Wildman–Crippen LogP) is 4.80. The number of amides is 1. The van der Waals surface area contributed by atoms with Crippen LogP contribution in [0.5, 0.6) is 0 Å². The molecule has 23 heavy (non-hydrogen) atoms. The average molecular weight is 327 g/mol. The van der Waals surface area contributed by atoms with Crippen molar-refractivity contribution >= 4 is 17.7 Å². The van der Waals surface area contributed by atoms with Gasteiger partial charge in [0.25, 0.3) is 0 Å². The van der Waals surface area contributed by atoms with Crippen LogP contribution in [-0.4, -0.2) is 11.7 Å². The van der Waals surface area contributed by atoms with E-state index in [2.05, 4.69) is 49.5 Å². The summed E-state index contributed by atoms with van der Waals surface area (Å²) in [6.45, 7) is 6.25. The van der Waals surface area contributed by atoms with Gasteiger partial charge in [-0.3, -0.25) is 4.79 Å². The monoisotopic (exact) mass is 327 g/mol. The first-order chi connectivity index (χ1) is 11.1. The van der Waals surface area contributed by atoms with E-state index in [0.29, 0.717) is 6.42 Å². The van der Waals surface area contributed by atoms with Gasteiger partial charge in [-0.05, 0) is 43.0 Å². The molecule has 1 N–H and O–H groups in total. The summed E-state index contributed by atoms with van der Waals surface area (Å²) in [6, 6.07) is 16.8. The maximum Gasteiger partial charge on any atom is 0.221 e. The normalized spacial score (nSPS) is 12.0. The summed E-state index contributed by atoms with van der Waals surface area (Å²) in [6.07, 6.45) is 0.562. The standard InChI is InChI=1S/C20H25NOS/c1-15-9-10-19(13-16(15)2)17(3)21-20(22)11-12-23-14-18-7-5-4-6-8-18/h4-10,13,17H,11-12,14H2,1-3H3,(H,21,22)/t17-/m1/s1. The lowest BCUT2D eigenvalue weighted by Gasteiger charge is -2.15. The molecule has 0 fully saturated rings. The van der Waals surface area contributed by atoms with Crippen LogP contribution >= 0.6 is 11.8 Å². The molecule has 1 amide bonds. The van der Waals surface area contributed by atoms with Gasteiger partial charge < -0.3 is 5.32 Å². The highest BCUT2D eigenvalue weighted by atomic mass is 32.2. The first-order valence-electron chi connectivity index (χ1n) is 8.04. The van der Waals surface area contributed by atoms with Crippen LogP contribution in [0.2, 0.25) is 0 Å². The van der Waals surface area contributed by atoms with E-state index in [-0.39, 0.29) is 11.9 Å². The molecular formula is C20H25NOS. The second-order valence-corrected chi connectivity index (χ2v) is 7.03. The summed E-state index contributed by atoms with van der Waals surface area (Å²) in [5, 5.41) is 3.09. The lowest BCUT2D eigenvalue weighted by molar-refractivity contribution is -0.121.